The third-order valence-electron chi connectivity index (χ3n) is 1.51. The standard InChI is InChI=1S/C11H15NOSi/c1-14(2)13-12-10-6-9-11-7-4-3-5-8-11/h3-10,14H,1-2H3. The minimum absolute atomic E-state index is 1.02. The van der Waals surface area contributed by atoms with Gasteiger partial charge < -0.3 is 4.53 Å². The number of oxime groups is 1. The Morgan fingerprint density at radius 3 is 2.57 bits per heavy atom. The van der Waals surface area contributed by atoms with E-state index in [0.717, 1.165) is 0 Å². The SMILES string of the molecule is C[SiH](C)ON=CC=Cc1ccccc1. The molecule has 0 atom stereocenters. The maximum Gasteiger partial charge on any atom is 0.266 e. The van der Waals surface area contributed by atoms with Crippen LogP contribution in [0, 0.1) is 0 Å². The van der Waals surface area contributed by atoms with Gasteiger partial charge in [0.05, 0.1) is 6.21 Å². The molecule has 2 nitrogen and oxygen atoms in total. The second-order valence-electron chi connectivity index (χ2n) is 3.18. The first-order valence-electron chi connectivity index (χ1n) is 4.70. The zero-order valence-electron chi connectivity index (χ0n) is 8.55. The first kappa shape index (κ1) is 10.7. The number of hydrogen-bond acceptors (Lipinski definition) is 2. The molecular weight excluding hydrogens is 190 g/mol. The number of benzene rings is 1. The summed E-state index contributed by atoms with van der Waals surface area (Å²) in [6.45, 7) is 4.16. The lowest BCUT2D eigenvalue weighted by Gasteiger charge is -1.97. The van der Waals surface area contributed by atoms with Gasteiger partial charge in [-0.3, -0.25) is 0 Å². The molecule has 74 valence electrons. The molecule has 3 heteroatoms. The van der Waals surface area contributed by atoms with Crippen molar-refractivity contribution in [2.24, 2.45) is 5.16 Å². The molecule has 0 aliphatic heterocycles. The summed E-state index contributed by atoms with van der Waals surface area (Å²) in [5.41, 5.74) is 1.17. The minimum Gasteiger partial charge on any atom is -0.459 e. The Kier molecular flexibility index (Phi) is 4.71. The van der Waals surface area contributed by atoms with Crippen LogP contribution < -0.4 is 0 Å². The minimum atomic E-state index is -1.02. The van der Waals surface area contributed by atoms with Crippen LogP contribution in [0.5, 0.6) is 0 Å². The molecule has 1 rings (SSSR count). The molecule has 0 radical (unpaired) electrons. The van der Waals surface area contributed by atoms with Gasteiger partial charge in [0.15, 0.2) is 0 Å². The summed E-state index contributed by atoms with van der Waals surface area (Å²) in [7, 11) is -1.02. The smallest absolute Gasteiger partial charge is 0.266 e. The van der Waals surface area contributed by atoms with Gasteiger partial charge in [0.1, 0.15) is 0 Å². The zero-order valence-corrected chi connectivity index (χ0v) is 9.71. The molecule has 0 heterocycles. The Balaban J connectivity index is 2.38. The Morgan fingerprint density at radius 1 is 1.21 bits per heavy atom. The summed E-state index contributed by atoms with van der Waals surface area (Å²) >= 11 is 0. The van der Waals surface area contributed by atoms with E-state index in [9.17, 15) is 0 Å². The third-order valence-corrected chi connectivity index (χ3v) is 2.05. The first-order chi connectivity index (χ1) is 6.79. The molecule has 0 spiro atoms. The van der Waals surface area contributed by atoms with E-state index in [2.05, 4.69) is 18.2 Å². The van der Waals surface area contributed by atoms with Crippen molar-refractivity contribution in [3.05, 3.63) is 42.0 Å². The highest BCUT2D eigenvalue weighted by atomic mass is 28.3. The average Bonchev–Trinajstić information content (AvgIpc) is 2.18. The van der Waals surface area contributed by atoms with E-state index in [1.165, 1.54) is 5.56 Å². The van der Waals surface area contributed by atoms with Crippen molar-refractivity contribution in [2.45, 2.75) is 13.1 Å². The molecule has 0 N–H and O–H groups in total. The summed E-state index contributed by atoms with van der Waals surface area (Å²) in [6.07, 6.45) is 5.56. The van der Waals surface area contributed by atoms with E-state index in [1.807, 2.05) is 42.5 Å². The molecule has 0 saturated heterocycles. The van der Waals surface area contributed by atoms with Crippen molar-refractivity contribution in [2.75, 3.05) is 0 Å². The van der Waals surface area contributed by atoms with Crippen molar-refractivity contribution < 1.29 is 4.53 Å². The van der Waals surface area contributed by atoms with Gasteiger partial charge in [0, 0.05) is 0 Å². The van der Waals surface area contributed by atoms with Gasteiger partial charge in [-0.2, -0.15) is 0 Å². The maximum absolute atomic E-state index is 5.14. The molecule has 0 aliphatic carbocycles. The van der Waals surface area contributed by atoms with Gasteiger partial charge in [-0.1, -0.05) is 36.4 Å². The zero-order chi connectivity index (χ0) is 10.2. The van der Waals surface area contributed by atoms with E-state index in [0.29, 0.717) is 0 Å². The van der Waals surface area contributed by atoms with Gasteiger partial charge in [-0.05, 0) is 24.7 Å². The lowest BCUT2D eigenvalue weighted by molar-refractivity contribution is 0.355. The van der Waals surface area contributed by atoms with Gasteiger partial charge in [-0.25, -0.2) is 0 Å². The summed E-state index contributed by atoms with van der Waals surface area (Å²) in [5.74, 6) is 0. The van der Waals surface area contributed by atoms with Crippen LogP contribution in [0.25, 0.3) is 6.08 Å². The number of allylic oxidation sites excluding steroid dienone is 1. The van der Waals surface area contributed by atoms with E-state index >= 15 is 0 Å². The molecule has 1 aromatic rings. The second-order valence-corrected chi connectivity index (χ2v) is 5.49. The van der Waals surface area contributed by atoms with Crippen LogP contribution in [-0.4, -0.2) is 15.3 Å². The molecule has 1 aromatic carbocycles. The highest BCUT2D eigenvalue weighted by molar-refractivity contribution is 6.48. The Morgan fingerprint density at radius 2 is 1.93 bits per heavy atom. The van der Waals surface area contributed by atoms with Crippen LogP contribution >= 0.6 is 0 Å². The molecule has 14 heavy (non-hydrogen) atoms. The van der Waals surface area contributed by atoms with Crippen LogP contribution in [0.1, 0.15) is 5.56 Å². The van der Waals surface area contributed by atoms with E-state index in [1.54, 1.807) is 6.21 Å². The third kappa shape index (κ3) is 4.62. The molecule has 0 aromatic heterocycles. The largest absolute Gasteiger partial charge is 0.459 e. The van der Waals surface area contributed by atoms with Gasteiger partial charge in [0.2, 0.25) is 0 Å². The molecular formula is C11H15NOSi. The molecule has 0 saturated carbocycles. The summed E-state index contributed by atoms with van der Waals surface area (Å²) in [4.78, 5) is 0. The van der Waals surface area contributed by atoms with Crippen molar-refractivity contribution in [3.8, 4) is 0 Å². The fourth-order valence-electron chi connectivity index (χ4n) is 0.910. The fraction of sp³-hybridized carbons (Fsp3) is 0.182. The van der Waals surface area contributed by atoms with Crippen molar-refractivity contribution in [3.63, 3.8) is 0 Å². The monoisotopic (exact) mass is 205 g/mol. The molecule has 0 fully saturated rings. The Hall–Kier alpha value is -1.35. The van der Waals surface area contributed by atoms with Crippen LogP contribution in [0.4, 0.5) is 0 Å². The van der Waals surface area contributed by atoms with Gasteiger partial charge in [-0.15, -0.1) is 5.16 Å². The van der Waals surface area contributed by atoms with Gasteiger partial charge >= 0.3 is 0 Å². The van der Waals surface area contributed by atoms with Crippen LogP contribution in [0.3, 0.4) is 0 Å². The summed E-state index contributed by atoms with van der Waals surface area (Å²) in [5, 5.41) is 3.84. The predicted molar refractivity (Wildman–Crippen MR) is 63.9 cm³/mol. The van der Waals surface area contributed by atoms with Crippen molar-refractivity contribution >= 4 is 21.3 Å². The highest BCUT2D eigenvalue weighted by Crippen LogP contribution is 1.99. The molecule has 0 amide bonds. The van der Waals surface area contributed by atoms with E-state index < -0.39 is 9.04 Å². The number of nitrogens with zero attached hydrogens (tertiary/aromatic N) is 1. The van der Waals surface area contributed by atoms with Crippen molar-refractivity contribution in [1.29, 1.82) is 0 Å². The molecule has 0 aliphatic rings. The topological polar surface area (TPSA) is 21.6 Å². The van der Waals surface area contributed by atoms with E-state index in [4.69, 9.17) is 4.53 Å². The lowest BCUT2D eigenvalue weighted by atomic mass is 10.2. The highest BCUT2D eigenvalue weighted by Gasteiger charge is 1.90. The van der Waals surface area contributed by atoms with Gasteiger partial charge in [0.25, 0.3) is 9.04 Å². The van der Waals surface area contributed by atoms with Crippen LogP contribution in [0.2, 0.25) is 13.1 Å². The fourth-order valence-corrected chi connectivity index (χ4v) is 1.22. The van der Waals surface area contributed by atoms with Crippen LogP contribution in [-0.2, 0) is 4.53 Å². The summed E-state index contributed by atoms with van der Waals surface area (Å²) < 4.78 is 5.14. The van der Waals surface area contributed by atoms with E-state index in [-0.39, 0.29) is 0 Å². The van der Waals surface area contributed by atoms with Crippen molar-refractivity contribution in [1.82, 2.24) is 0 Å². The molecule has 0 bridgehead atoms. The second kappa shape index (κ2) is 6.15. The number of rotatable bonds is 4. The Labute approximate surface area is 86.6 Å². The normalized spacial score (nSPS) is 11.6. The maximum atomic E-state index is 5.14. The summed E-state index contributed by atoms with van der Waals surface area (Å²) in [6, 6.07) is 10.1. The molecule has 0 unspecified atom stereocenters. The van der Waals surface area contributed by atoms with Crippen LogP contribution in [0.15, 0.2) is 41.6 Å². The first-order valence-corrected chi connectivity index (χ1v) is 7.48. The quantitative estimate of drug-likeness (QED) is 0.421. The number of hydrogen-bond donors (Lipinski definition) is 0. The lowest BCUT2D eigenvalue weighted by Crippen LogP contribution is -2.01. The predicted octanol–water partition coefficient (Wildman–Crippen LogP) is 2.69. The Bertz CT molecular complexity index is 306. The average molecular weight is 205 g/mol.